The van der Waals surface area contributed by atoms with Gasteiger partial charge in [0.15, 0.2) is 0 Å². The predicted octanol–water partition coefficient (Wildman–Crippen LogP) is 0.817. The number of hydrogen-bond donors (Lipinski definition) is 3. The van der Waals surface area contributed by atoms with Gasteiger partial charge in [0.05, 0.1) is 10.8 Å². The van der Waals surface area contributed by atoms with Gasteiger partial charge < -0.3 is 5.73 Å². The summed E-state index contributed by atoms with van der Waals surface area (Å²) in [4.78, 5) is 22.2. The van der Waals surface area contributed by atoms with Crippen molar-refractivity contribution in [2.24, 2.45) is 5.73 Å². The minimum atomic E-state index is -0.273. The maximum absolute atomic E-state index is 11.1. The second kappa shape index (κ2) is 7.42. The van der Waals surface area contributed by atoms with E-state index in [4.69, 9.17) is 0 Å². The van der Waals surface area contributed by atoms with Crippen LogP contribution in [0.15, 0.2) is 33.9 Å². The lowest BCUT2D eigenvalue weighted by atomic mass is 10.2. The lowest BCUT2D eigenvalue weighted by Gasteiger charge is -1.92. The van der Waals surface area contributed by atoms with E-state index < -0.39 is 0 Å². The molecule has 0 spiro atoms. The van der Waals surface area contributed by atoms with Crippen molar-refractivity contribution in [2.75, 3.05) is 7.05 Å². The van der Waals surface area contributed by atoms with Crippen LogP contribution in [0.5, 0.6) is 0 Å². The maximum atomic E-state index is 11.1. The van der Waals surface area contributed by atoms with E-state index in [2.05, 4.69) is 15.9 Å². The molecule has 0 fully saturated rings. The summed E-state index contributed by atoms with van der Waals surface area (Å²) in [5.74, 6) is 0. The highest BCUT2D eigenvalue weighted by atomic mass is 16.1. The molecular formula is C11H17N3O2. The van der Waals surface area contributed by atoms with Crippen LogP contribution in [0, 0.1) is 0 Å². The molecule has 0 aliphatic rings. The Morgan fingerprint density at radius 3 is 1.50 bits per heavy atom. The molecule has 0 saturated heterocycles. The molecule has 0 atom stereocenters. The van der Waals surface area contributed by atoms with Gasteiger partial charge in [0.1, 0.15) is 0 Å². The van der Waals surface area contributed by atoms with E-state index in [1.54, 1.807) is 24.3 Å². The van der Waals surface area contributed by atoms with Crippen molar-refractivity contribution in [1.82, 2.24) is 10.2 Å². The highest BCUT2D eigenvalue weighted by Gasteiger charge is 1.98. The summed E-state index contributed by atoms with van der Waals surface area (Å²) in [6, 6.07) is 6.67. The Morgan fingerprint density at radius 1 is 0.875 bits per heavy atom. The normalized spacial score (nSPS) is 8.50. The maximum Gasteiger partial charge on any atom is 0.270 e. The number of H-pyrrole nitrogens is 2. The molecular weight excluding hydrogens is 206 g/mol. The molecule has 0 saturated carbocycles. The van der Waals surface area contributed by atoms with Gasteiger partial charge in [-0.3, -0.25) is 19.8 Å². The first kappa shape index (κ1) is 14.1. The molecule has 2 rings (SSSR count). The fourth-order valence-electron chi connectivity index (χ4n) is 1.13. The summed E-state index contributed by atoms with van der Waals surface area (Å²) >= 11 is 0. The summed E-state index contributed by atoms with van der Waals surface area (Å²) in [5.41, 5.74) is 3.95. The average molecular weight is 223 g/mol. The van der Waals surface area contributed by atoms with Crippen molar-refractivity contribution >= 4 is 10.8 Å². The Hall–Kier alpha value is -1.88. The van der Waals surface area contributed by atoms with Gasteiger partial charge in [0.25, 0.3) is 11.1 Å². The largest absolute Gasteiger partial charge is 0.333 e. The van der Waals surface area contributed by atoms with Crippen LogP contribution in [-0.4, -0.2) is 17.2 Å². The van der Waals surface area contributed by atoms with Gasteiger partial charge in [0, 0.05) is 0 Å². The lowest BCUT2D eigenvalue weighted by molar-refractivity contribution is 0.976. The van der Waals surface area contributed by atoms with Crippen LogP contribution in [0.3, 0.4) is 0 Å². The lowest BCUT2D eigenvalue weighted by Crippen LogP contribution is -2.18. The number of aromatic amines is 2. The van der Waals surface area contributed by atoms with Gasteiger partial charge in [-0.25, -0.2) is 0 Å². The molecule has 0 aliphatic heterocycles. The molecule has 0 unspecified atom stereocenters. The highest BCUT2D eigenvalue weighted by Crippen LogP contribution is 2.00. The summed E-state index contributed by atoms with van der Waals surface area (Å²) in [6.45, 7) is 4.00. The number of hydrogen-bond acceptors (Lipinski definition) is 3. The van der Waals surface area contributed by atoms with Gasteiger partial charge in [0.2, 0.25) is 0 Å². The predicted molar refractivity (Wildman–Crippen MR) is 66.6 cm³/mol. The number of benzene rings is 1. The Morgan fingerprint density at radius 2 is 1.19 bits per heavy atom. The Labute approximate surface area is 93.3 Å². The number of aromatic nitrogens is 2. The van der Waals surface area contributed by atoms with Gasteiger partial charge in [-0.2, -0.15) is 0 Å². The molecule has 1 heterocycles. The number of nitrogens with one attached hydrogen (secondary N) is 2. The van der Waals surface area contributed by atoms with Crippen LogP contribution in [0.4, 0.5) is 0 Å². The van der Waals surface area contributed by atoms with Crippen molar-refractivity contribution < 1.29 is 0 Å². The summed E-state index contributed by atoms with van der Waals surface area (Å²) < 4.78 is 0. The van der Waals surface area contributed by atoms with Crippen molar-refractivity contribution in [3.63, 3.8) is 0 Å². The van der Waals surface area contributed by atoms with Crippen LogP contribution in [0.1, 0.15) is 13.8 Å². The van der Waals surface area contributed by atoms with Gasteiger partial charge in [-0.05, 0) is 19.2 Å². The molecule has 0 radical (unpaired) electrons. The fourth-order valence-corrected chi connectivity index (χ4v) is 1.13. The van der Waals surface area contributed by atoms with Crippen LogP contribution in [0.25, 0.3) is 10.8 Å². The van der Waals surface area contributed by atoms with Crippen LogP contribution in [-0.2, 0) is 0 Å². The Bertz CT molecular complexity index is 480. The second-order valence-electron chi connectivity index (χ2n) is 2.45. The third-order valence-electron chi connectivity index (χ3n) is 1.71. The zero-order valence-corrected chi connectivity index (χ0v) is 9.70. The quantitative estimate of drug-likeness (QED) is 0.617. The topological polar surface area (TPSA) is 91.7 Å². The number of rotatable bonds is 0. The van der Waals surface area contributed by atoms with Gasteiger partial charge in [-0.15, -0.1) is 0 Å². The van der Waals surface area contributed by atoms with E-state index in [0.29, 0.717) is 10.8 Å². The molecule has 1 aromatic carbocycles. The SMILES string of the molecule is CC.CN.O=c1[nH][nH]c(=O)c2ccccc12. The van der Waals surface area contributed by atoms with E-state index in [1.807, 2.05) is 13.8 Å². The Kier molecular flexibility index (Phi) is 6.55. The van der Waals surface area contributed by atoms with Crippen molar-refractivity contribution in [1.29, 1.82) is 0 Å². The van der Waals surface area contributed by atoms with Crippen LogP contribution < -0.4 is 16.9 Å². The second-order valence-corrected chi connectivity index (χ2v) is 2.45. The highest BCUT2D eigenvalue weighted by molar-refractivity contribution is 5.79. The molecule has 2 aromatic rings. The zero-order chi connectivity index (χ0) is 12.6. The number of nitrogens with two attached hydrogens (primary N) is 1. The van der Waals surface area contributed by atoms with Crippen molar-refractivity contribution in [2.45, 2.75) is 13.8 Å². The minimum Gasteiger partial charge on any atom is -0.333 e. The average Bonchev–Trinajstić information content (AvgIpc) is 2.39. The minimum absolute atomic E-state index is 0.273. The van der Waals surface area contributed by atoms with E-state index >= 15 is 0 Å². The molecule has 0 bridgehead atoms. The number of fused-ring (bicyclic) bond motifs is 1. The fraction of sp³-hybridized carbons (Fsp3) is 0.273. The summed E-state index contributed by atoms with van der Waals surface area (Å²) in [6.07, 6.45) is 0. The molecule has 5 heteroatoms. The standard InChI is InChI=1S/C8H6N2O2.C2H6.CH5N/c11-7-5-3-1-2-4-6(5)8(12)10-9-7;2*1-2/h1-4H,(H,9,11)(H,10,12);1-2H3;2H2,1H3. The molecule has 1 aromatic heterocycles. The molecule has 0 amide bonds. The van der Waals surface area contributed by atoms with E-state index in [9.17, 15) is 9.59 Å². The van der Waals surface area contributed by atoms with Crippen LogP contribution >= 0.6 is 0 Å². The van der Waals surface area contributed by atoms with E-state index in [1.165, 1.54) is 7.05 Å². The zero-order valence-electron chi connectivity index (χ0n) is 9.70. The molecule has 0 aliphatic carbocycles. The third-order valence-corrected chi connectivity index (χ3v) is 1.71. The summed E-state index contributed by atoms with van der Waals surface area (Å²) in [7, 11) is 1.50. The monoisotopic (exact) mass is 223 g/mol. The van der Waals surface area contributed by atoms with Crippen molar-refractivity contribution in [3.05, 3.63) is 45.0 Å². The third kappa shape index (κ3) is 3.06. The first-order chi connectivity index (χ1) is 7.79. The molecule has 16 heavy (non-hydrogen) atoms. The van der Waals surface area contributed by atoms with Gasteiger partial charge in [-0.1, -0.05) is 26.0 Å². The molecule has 4 N–H and O–H groups in total. The first-order valence-corrected chi connectivity index (χ1v) is 5.06. The van der Waals surface area contributed by atoms with E-state index in [0.717, 1.165) is 0 Å². The Balaban J connectivity index is 0.000000509. The van der Waals surface area contributed by atoms with E-state index in [-0.39, 0.29) is 11.1 Å². The molecule has 88 valence electrons. The summed E-state index contributed by atoms with van der Waals surface area (Å²) in [5, 5.41) is 5.33. The van der Waals surface area contributed by atoms with Crippen LogP contribution in [0.2, 0.25) is 0 Å². The molecule has 5 nitrogen and oxygen atoms in total. The van der Waals surface area contributed by atoms with Gasteiger partial charge >= 0.3 is 0 Å². The van der Waals surface area contributed by atoms with Crippen molar-refractivity contribution in [3.8, 4) is 0 Å². The smallest absolute Gasteiger partial charge is 0.270 e. The first-order valence-electron chi connectivity index (χ1n) is 5.06.